The van der Waals surface area contributed by atoms with Gasteiger partial charge in [-0.3, -0.25) is 0 Å². The molecular weight excluding hydrogens is 573 g/mol. The number of carbonyl (C=O) groups is 1. The molecule has 0 radical (unpaired) electrons. The third-order valence-corrected chi connectivity index (χ3v) is 9.10. The molecule has 40 heavy (non-hydrogen) atoms. The summed E-state index contributed by atoms with van der Waals surface area (Å²) in [6.45, 7) is 0.207. The molecule has 208 valence electrons. The van der Waals surface area contributed by atoms with E-state index in [2.05, 4.69) is 11.2 Å². The number of rotatable bonds is 8. The molecule has 3 aromatic rings. The minimum absolute atomic E-state index is 0.172. The van der Waals surface area contributed by atoms with E-state index in [1.807, 2.05) is 18.2 Å². The number of methoxy groups -OCH3 is 1. The number of allylic oxidation sites excluding steroid dienone is 3. The topological polar surface area (TPSA) is 81.8 Å². The monoisotopic (exact) mass is 599 g/mol. The molecule has 0 amide bonds. The first-order chi connectivity index (χ1) is 19.3. The van der Waals surface area contributed by atoms with Crippen LogP contribution in [-0.2, 0) is 21.7 Å². The first-order valence-corrected chi connectivity index (χ1v) is 14.4. The van der Waals surface area contributed by atoms with Gasteiger partial charge in [-0.1, -0.05) is 70.3 Å². The molecule has 0 saturated heterocycles. The Labute approximate surface area is 247 Å². The van der Waals surface area contributed by atoms with Crippen LogP contribution in [0.3, 0.4) is 0 Å². The van der Waals surface area contributed by atoms with Crippen LogP contribution in [0.1, 0.15) is 54.9 Å². The summed E-state index contributed by atoms with van der Waals surface area (Å²) in [5.74, 6) is 1.78. The summed E-state index contributed by atoms with van der Waals surface area (Å²) < 4.78 is 16.8. The summed E-state index contributed by atoms with van der Waals surface area (Å²) in [4.78, 5) is 11.9. The van der Waals surface area contributed by atoms with Gasteiger partial charge in [0.1, 0.15) is 23.8 Å². The Morgan fingerprint density at radius 3 is 2.55 bits per heavy atom. The van der Waals surface area contributed by atoms with Gasteiger partial charge in [0.15, 0.2) is 0 Å². The molecule has 2 saturated carbocycles. The van der Waals surface area contributed by atoms with E-state index in [1.54, 1.807) is 30.3 Å². The molecule has 1 unspecified atom stereocenters. The van der Waals surface area contributed by atoms with Gasteiger partial charge in [-0.15, -0.1) is 0 Å². The van der Waals surface area contributed by atoms with E-state index < -0.39 is 5.60 Å². The van der Waals surface area contributed by atoms with Gasteiger partial charge in [-0.25, -0.2) is 4.79 Å². The Hall–Kier alpha value is -2.77. The molecule has 0 spiro atoms. The molecule has 1 atom stereocenters. The third-order valence-electron chi connectivity index (χ3n) is 8.16. The molecule has 1 heterocycles. The van der Waals surface area contributed by atoms with Gasteiger partial charge < -0.3 is 19.1 Å². The quantitative estimate of drug-likeness (QED) is 0.264. The average molecular weight is 601 g/mol. The van der Waals surface area contributed by atoms with Crippen LogP contribution in [0, 0.1) is 11.8 Å². The van der Waals surface area contributed by atoms with E-state index in [-0.39, 0.29) is 24.4 Å². The molecule has 1 N–H and O–H groups in total. The largest absolute Gasteiger partial charge is 0.489 e. The Kier molecular flexibility index (Phi) is 7.47. The summed E-state index contributed by atoms with van der Waals surface area (Å²) in [5, 5.41) is 17.1. The summed E-state index contributed by atoms with van der Waals surface area (Å²) in [6.07, 6.45) is 9.59. The van der Waals surface area contributed by atoms with E-state index in [0.29, 0.717) is 68.4 Å². The van der Waals surface area contributed by atoms with E-state index in [4.69, 9.17) is 48.8 Å². The van der Waals surface area contributed by atoms with Crippen LogP contribution >= 0.6 is 34.8 Å². The predicted molar refractivity (Wildman–Crippen MR) is 154 cm³/mol. The second kappa shape index (κ2) is 10.9. The van der Waals surface area contributed by atoms with Crippen molar-refractivity contribution in [1.29, 1.82) is 0 Å². The Morgan fingerprint density at radius 1 is 1.12 bits per heavy atom. The van der Waals surface area contributed by atoms with E-state index >= 15 is 0 Å². The van der Waals surface area contributed by atoms with E-state index in [0.717, 1.165) is 24.2 Å². The number of esters is 1. The lowest BCUT2D eigenvalue weighted by Gasteiger charge is -2.47. The average Bonchev–Trinajstić information content (AvgIpc) is 3.69. The maximum Gasteiger partial charge on any atom is 0.333 e. The minimum Gasteiger partial charge on any atom is -0.489 e. The second-order valence-corrected chi connectivity index (χ2v) is 12.0. The highest BCUT2D eigenvalue weighted by Gasteiger charge is 2.48. The fraction of sp³-hybridized carbons (Fsp3) is 0.355. The highest BCUT2D eigenvalue weighted by atomic mass is 35.5. The lowest BCUT2D eigenvalue weighted by atomic mass is 9.61. The van der Waals surface area contributed by atoms with Gasteiger partial charge in [-0.05, 0) is 68.2 Å². The van der Waals surface area contributed by atoms with E-state index in [9.17, 15) is 9.90 Å². The van der Waals surface area contributed by atoms with Crippen LogP contribution in [0.5, 0.6) is 5.75 Å². The number of ether oxygens (including phenoxy) is 2. The first-order valence-electron chi connectivity index (χ1n) is 13.3. The normalized spacial score (nSPS) is 23.9. The first kappa shape index (κ1) is 27.4. The van der Waals surface area contributed by atoms with Gasteiger partial charge in [0.25, 0.3) is 0 Å². The smallest absolute Gasteiger partial charge is 0.333 e. The molecular formula is C31H28Cl3NO5. The number of nitrogens with zero attached hydrogens (tertiary/aromatic N) is 1. The number of hydrogen-bond donors (Lipinski definition) is 1. The van der Waals surface area contributed by atoms with Crippen molar-refractivity contribution in [3.05, 3.63) is 92.2 Å². The highest BCUT2D eigenvalue weighted by Crippen LogP contribution is 2.53. The van der Waals surface area contributed by atoms with Crippen molar-refractivity contribution in [2.24, 2.45) is 11.8 Å². The zero-order valence-corrected chi connectivity index (χ0v) is 24.1. The predicted octanol–water partition coefficient (Wildman–Crippen LogP) is 8.03. The zero-order chi connectivity index (χ0) is 28.0. The van der Waals surface area contributed by atoms with Crippen molar-refractivity contribution < 1.29 is 23.9 Å². The summed E-state index contributed by atoms with van der Waals surface area (Å²) >= 11 is 19.6. The lowest BCUT2D eigenvalue weighted by molar-refractivity contribution is -0.136. The molecule has 9 heteroatoms. The van der Waals surface area contributed by atoms with Crippen LogP contribution in [0.25, 0.3) is 11.3 Å². The van der Waals surface area contributed by atoms with Gasteiger partial charge >= 0.3 is 5.97 Å². The maximum atomic E-state index is 11.9. The minimum atomic E-state index is -1.03. The molecule has 2 aromatic carbocycles. The molecule has 6 rings (SSSR count). The zero-order valence-electron chi connectivity index (χ0n) is 21.8. The SMILES string of the molecule is COC(=O)C1=CC=CC(C2CC(O)(c3ccc(OCc4c(-c5c(Cl)cccc5Cl)noc4C4CC4)cc3Cl)C2)C1. The molecule has 0 bridgehead atoms. The van der Waals surface area contributed by atoms with Crippen LogP contribution < -0.4 is 4.74 Å². The van der Waals surface area contributed by atoms with Crippen LogP contribution in [0.2, 0.25) is 15.1 Å². The maximum absolute atomic E-state index is 11.9. The van der Waals surface area contributed by atoms with Gasteiger partial charge in [0.05, 0.1) is 33.3 Å². The number of aliphatic hydroxyl groups is 1. The van der Waals surface area contributed by atoms with Crippen LogP contribution in [0.4, 0.5) is 0 Å². The molecule has 1 aromatic heterocycles. The number of benzene rings is 2. The van der Waals surface area contributed by atoms with Crippen molar-refractivity contribution in [1.82, 2.24) is 5.16 Å². The molecule has 3 aliphatic carbocycles. The number of halogens is 3. The molecule has 3 aliphatic rings. The van der Waals surface area contributed by atoms with Gasteiger partial charge in [0.2, 0.25) is 0 Å². The standard InChI is InChI=1S/C31H28Cl3NO5/c1-38-30(36)19-5-2-4-18(12-19)20-14-31(37,15-20)23-11-10-21(13-26(23)34)39-16-22-28(35-40-29(22)17-8-9-17)27-24(32)6-3-7-25(27)33/h2-7,10-11,13,17-18,20,37H,8-9,12,14-16H2,1H3. The van der Waals surface area contributed by atoms with Crippen molar-refractivity contribution in [2.75, 3.05) is 7.11 Å². The Bertz CT molecular complexity index is 1500. The van der Waals surface area contributed by atoms with Crippen molar-refractivity contribution in [3.8, 4) is 17.0 Å². The van der Waals surface area contributed by atoms with Gasteiger partial charge in [0, 0.05) is 22.6 Å². The third kappa shape index (κ3) is 5.18. The Morgan fingerprint density at radius 2 is 1.88 bits per heavy atom. The Balaban J connectivity index is 1.15. The number of carbonyl (C=O) groups excluding carboxylic acids is 1. The van der Waals surface area contributed by atoms with Crippen molar-refractivity contribution >= 4 is 40.8 Å². The van der Waals surface area contributed by atoms with Crippen molar-refractivity contribution in [2.45, 2.75) is 50.2 Å². The molecule has 6 nitrogen and oxygen atoms in total. The summed E-state index contributed by atoms with van der Waals surface area (Å²) in [7, 11) is 1.39. The fourth-order valence-electron chi connectivity index (χ4n) is 5.81. The van der Waals surface area contributed by atoms with Crippen LogP contribution in [-0.4, -0.2) is 23.3 Å². The molecule has 2 fully saturated rings. The lowest BCUT2D eigenvalue weighted by Crippen LogP contribution is -2.44. The van der Waals surface area contributed by atoms with Gasteiger partial charge in [-0.2, -0.15) is 0 Å². The highest BCUT2D eigenvalue weighted by molar-refractivity contribution is 6.39. The summed E-state index contributed by atoms with van der Waals surface area (Å²) in [5.41, 5.74) is 2.33. The number of hydrogen-bond acceptors (Lipinski definition) is 6. The van der Waals surface area contributed by atoms with Crippen molar-refractivity contribution in [3.63, 3.8) is 0 Å². The van der Waals surface area contributed by atoms with Crippen LogP contribution in [0.15, 0.2) is 64.7 Å². The summed E-state index contributed by atoms with van der Waals surface area (Å²) in [6, 6.07) is 10.7. The number of aromatic nitrogens is 1. The fourth-order valence-corrected chi connectivity index (χ4v) is 6.73. The second-order valence-electron chi connectivity index (χ2n) is 10.8. The molecule has 0 aliphatic heterocycles. The van der Waals surface area contributed by atoms with E-state index in [1.165, 1.54) is 7.11 Å².